The summed E-state index contributed by atoms with van der Waals surface area (Å²) in [6.45, 7) is 0. The van der Waals surface area contributed by atoms with Gasteiger partial charge in [0.05, 0.1) is 12.7 Å². The fraction of sp³-hybridized carbons (Fsp3) is 0.462. The number of benzene rings is 1. The van der Waals surface area contributed by atoms with E-state index >= 15 is 0 Å². The van der Waals surface area contributed by atoms with Crippen LogP contribution in [-0.4, -0.2) is 25.3 Å². The number of aliphatic hydroxyl groups is 1. The van der Waals surface area contributed by atoms with Crippen LogP contribution in [0.15, 0.2) is 24.3 Å². The van der Waals surface area contributed by atoms with Crippen LogP contribution in [0.5, 0.6) is 0 Å². The number of aliphatic hydroxyl groups excluding tert-OH is 1. The normalized spacial score (nSPS) is 18.5. The Morgan fingerprint density at radius 1 is 1.35 bits per heavy atom. The van der Waals surface area contributed by atoms with Crippen LogP contribution < -0.4 is 0 Å². The molecule has 1 aliphatic carbocycles. The molecule has 0 aromatic heterocycles. The number of carbonyl (C=O) groups excluding carboxylic acids is 1. The molecular weight excluding hydrogens is 220 g/mol. The third kappa shape index (κ3) is 2.06. The minimum absolute atomic E-state index is 0.328. The first kappa shape index (κ1) is 12.1. The topological polar surface area (TPSA) is 55.8 Å². The van der Waals surface area contributed by atoms with Crippen molar-refractivity contribution in [2.45, 2.75) is 24.5 Å². The molecule has 0 aliphatic heterocycles. The average Bonchev–Trinajstić information content (AvgIpc) is 3.18. The molecule has 0 heterocycles. The van der Waals surface area contributed by atoms with Gasteiger partial charge in [-0.2, -0.15) is 0 Å². The predicted octanol–water partition coefficient (Wildman–Crippen LogP) is 1.53. The second kappa shape index (κ2) is 4.47. The smallest absolute Gasteiger partial charge is 0.339 e. The molecule has 0 saturated heterocycles. The standard InChI is InChI=1S/C13H16O4/c1-16-12(15)11(14)9-5-3-4-6-10(9)13(17-2)7-8-13/h3-6,11,14H,7-8H2,1-2H3. The van der Waals surface area contributed by atoms with E-state index < -0.39 is 12.1 Å². The maximum atomic E-state index is 11.4. The summed E-state index contributed by atoms with van der Waals surface area (Å²) in [5.74, 6) is -0.649. The third-order valence-corrected chi connectivity index (χ3v) is 3.27. The molecule has 2 rings (SSSR count). The Labute approximate surface area is 100 Å². The largest absolute Gasteiger partial charge is 0.467 e. The van der Waals surface area contributed by atoms with Crippen LogP contribution in [0.4, 0.5) is 0 Å². The molecule has 1 aromatic rings. The summed E-state index contributed by atoms with van der Waals surface area (Å²) in [6.07, 6.45) is 0.576. The Bertz CT molecular complexity index is 423. The summed E-state index contributed by atoms with van der Waals surface area (Å²) in [4.78, 5) is 11.4. The minimum atomic E-state index is -1.25. The van der Waals surface area contributed by atoms with E-state index in [0.29, 0.717) is 5.56 Å². The molecule has 1 saturated carbocycles. The summed E-state index contributed by atoms with van der Waals surface area (Å²) >= 11 is 0. The molecule has 0 radical (unpaired) electrons. The Balaban J connectivity index is 2.38. The number of methoxy groups -OCH3 is 2. The summed E-state index contributed by atoms with van der Waals surface area (Å²) in [6, 6.07) is 7.28. The van der Waals surface area contributed by atoms with Gasteiger partial charge in [-0.25, -0.2) is 4.79 Å². The number of hydrogen-bond donors (Lipinski definition) is 1. The van der Waals surface area contributed by atoms with Gasteiger partial charge in [-0.3, -0.25) is 0 Å². The van der Waals surface area contributed by atoms with E-state index in [-0.39, 0.29) is 5.60 Å². The van der Waals surface area contributed by atoms with Gasteiger partial charge in [0.1, 0.15) is 0 Å². The van der Waals surface area contributed by atoms with E-state index in [4.69, 9.17) is 4.74 Å². The highest BCUT2D eigenvalue weighted by atomic mass is 16.5. The van der Waals surface area contributed by atoms with Gasteiger partial charge in [0.25, 0.3) is 0 Å². The molecule has 1 aromatic carbocycles. The van der Waals surface area contributed by atoms with Crippen molar-refractivity contribution >= 4 is 5.97 Å². The van der Waals surface area contributed by atoms with Gasteiger partial charge >= 0.3 is 5.97 Å². The van der Waals surface area contributed by atoms with Crippen LogP contribution in [-0.2, 0) is 19.9 Å². The maximum absolute atomic E-state index is 11.4. The lowest BCUT2D eigenvalue weighted by Crippen LogP contribution is -2.19. The zero-order valence-electron chi connectivity index (χ0n) is 9.97. The molecule has 92 valence electrons. The molecule has 17 heavy (non-hydrogen) atoms. The first-order valence-electron chi connectivity index (χ1n) is 5.55. The maximum Gasteiger partial charge on any atom is 0.339 e. The minimum Gasteiger partial charge on any atom is -0.467 e. The van der Waals surface area contributed by atoms with Gasteiger partial charge in [0.15, 0.2) is 6.10 Å². The van der Waals surface area contributed by atoms with E-state index in [1.54, 1.807) is 19.2 Å². The second-order valence-electron chi connectivity index (χ2n) is 4.21. The summed E-state index contributed by atoms with van der Waals surface area (Å²) in [7, 11) is 2.91. The van der Waals surface area contributed by atoms with Gasteiger partial charge in [0.2, 0.25) is 0 Å². The lowest BCUT2D eigenvalue weighted by atomic mass is 9.96. The van der Waals surface area contributed by atoms with Gasteiger partial charge in [-0.1, -0.05) is 24.3 Å². The third-order valence-electron chi connectivity index (χ3n) is 3.27. The van der Waals surface area contributed by atoms with Crippen molar-refractivity contribution in [3.63, 3.8) is 0 Å². The summed E-state index contributed by atoms with van der Waals surface area (Å²) < 4.78 is 10.0. The van der Waals surface area contributed by atoms with Crippen molar-refractivity contribution < 1.29 is 19.4 Å². The van der Waals surface area contributed by atoms with Crippen LogP contribution in [0.3, 0.4) is 0 Å². The molecule has 4 heteroatoms. The molecule has 1 atom stereocenters. The van der Waals surface area contributed by atoms with Gasteiger partial charge in [0, 0.05) is 7.11 Å². The van der Waals surface area contributed by atoms with Crippen molar-refractivity contribution in [3.8, 4) is 0 Å². The molecule has 0 amide bonds. The number of ether oxygens (including phenoxy) is 2. The summed E-state index contributed by atoms with van der Waals surface area (Å²) in [5, 5.41) is 9.93. The monoisotopic (exact) mass is 236 g/mol. The quantitative estimate of drug-likeness (QED) is 0.805. The van der Waals surface area contributed by atoms with Crippen molar-refractivity contribution in [3.05, 3.63) is 35.4 Å². The Morgan fingerprint density at radius 2 is 2.00 bits per heavy atom. The van der Waals surface area contributed by atoms with Crippen LogP contribution in [0.2, 0.25) is 0 Å². The highest BCUT2D eigenvalue weighted by molar-refractivity contribution is 5.76. The van der Waals surface area contributed by atoms with Crippen LogP contribution in [0, 0.1) is 0 Å². The molecular formula is C13H16O4. The highest BCUT2D eigenvalue weighted by Crippen LogP contribution is 2.50. The predicted molar refractivity (Wildman–Crippen MR) is 61.3 cm³/mol. The molecule has 0 bridgehead atoms. The highest BCUT2D eigenvalue weighted by Gasteiger charge is 2.47. The number of hydrogen-bond acceptors (Lipinski definition) is 4. The first-order chi connectivity index (χ1) is 8.14. The molecule has 1 unspecified atom stereocenters. The Hall–Kier alpha value is -1.39. The van der Waals surface area contributed by atoms with Crippen molar-refractivity contribution in [1.82, 2.24) is 0 Å². The second-order valence-corrected chi connectivity index (χ2v) is 4.21. The Kier molecular flexibility index (Phi) is 3.17. The molecule has 4 nitrogen and oxygen atoms in total. The fourth-order valence-corrected chi connectivity index (χ4v) is 2.09. The molecule has 1 fully saturated rings. The van der Waals surface area contributed by atoms with E-state index in [9.17, 15) is 9.90 Å². The first-order valence-corrected chi connectivity index (χ1v) is 5.55. The van der Waals surface area contributed by atoms with Gasteiger partial charge < -0.3 is 14.6 Å². The molecule has 0 spiro atoms. The van der Waals surface area contributed by atoms with Crippen molar-refractivity contribution in [2.24, 2.45) is 0 Å². The Morgan fingerprint density at radius 3 is 2.53 bits per heavy atom. The number of rotatable bonds is 4. The lowest BCUT2D eigenvalue weighted by molar-refractivity contribution is -0.150. The lowest BCUT2D eigenvalue weighted by Gasteiger charge is -2.20. The van der Waals surface area contributed by atoms with E-state index in [1.807, 2.05) is 12.1 Å². The fourth-order valence-electron chi connectivity index (χ4n) is 2.09. The van der Waals surface area contributed by atoms with Crippen molar-refractivity contribution in [1.29, 1.82) is 0 Å². The zero-order valence-corrected chi connectivity index (χ0v) is 9.97. The van der Waals surface area contributed by atoms with E-state index in [1.165, 1.54) is 7.11 Å². The van der Waals surface area contributed by atoms with Gasteiger partial charge in [-0.05, 0) is 24.0 Å². The van der Waals surface area contributed by atoms with Crippen LogP contribution in [0.25, 0.3) is 0 Å². The number of esters is 1. The molecule has 1 aliphatic rings. The van der Waals surface area contributed by atoms with Crippen LogP contribution >= 0.6 is 0 Å². The van der Waals surface area contributed by atoms with E-state index in [2.05, 4.69) is 4.74 Å². The zero-order chi connectivity index (χ0) is 12.5. The van der Waals surface area contributed by atoms with Crippen molar-refractivity contribution in [2.75, 3.05) is 14.2 Å². The van der Waals surface area contributed by atoms with E-state index in [0.717, 1.165) is 18.4 Å². The average molecular weight is 236 g/mol. The number of carbonyl (C=O) groups is 1. The van der Waals surface area contributed by atoms with Gasteiger partial charge in [-0.15, -0.1) is 0 Å². The van der Waals surface area contributed by atoms with Crippen LogP contribution in [0.1, 0.15) is 30.1 Å². The molecule has 1 N–H and O–H groups in total. The summed E-state index contributed by atoms with van der Waals surface area (Å²) in [5.41, 5.74) is 1.12. The SMILES string of the molecule is COC(=O)C(O)c1ccccc1C1(OC)CC1.